The first-order valence-electron chi connectivity index (χ1n) is 7.55. The predicted molar refractivity (Wildman–Crippen MR) is 74.2 cm³/mol. The molecule has 4 saturated carbocycles. The van der Waals surface area contributed by atoms with Crippen molar-refractivity contribution in [2.24, 2.45) is 17.3 Å². The minimum absolute atomic E-state index is 0.131. The van der Waals surface area contributed by atoms with Gasteiger partial charge in [0.2, 0.25) is 6.10 Å². The number of hydrogen-bond donors (Lipinski definition) is 0. The fourth-order valence-corrected chi connectivity index (χ4v) is 6.68. The molecule has 1 aliphatic heterocycles. The van der Waals surface area contributed by atoms with E-state index in [0.29, 0.717) is 24.9 Å². The van der Waals surface area contributed by atoms with E-state index in [0.717, 1.165) is 19.3 Å². The van der Waals surface area contributed by atoms with Gasteiger partial charge in [-0.15, -0.1) is 0 Å². The van der Waals surface area contributed by atoms with Crippen molar-refractivity contribution in [3.63, 3.8) is 0 Å². The lowest BCUT2D eigenvalue weighted by Gasteiger charge is -2.58. The zero-order valence-corrected chi connectivity index (χ0v) is 13.0. The van der Waals surface area contributed by atoms with Crippen LogP contribution in [0.15, 0.2) is 0 Å². The summed E-state index contributed by atoms with van der Waals surface area (Å²) in [5.41, 5.74) is -0.351. The van der Waals surface area contributed by atoms with E-state index in [-0.39, 0.29) is 21.7 Å². The molecule has 0 amide bonds. The molecule has 1 saturated heterocycles. The number of rotatable bonds is 2. The van der Waals surface area contributed by atoms with Gasteiger partial charge < -0.3 is 9.47 Å². The van der Waals surface area contributed by atoms with Crippen LogP contribution in [0.3, 0.4) is 0 Å². The molecule has 0 radical (unpaired) electrons. The van der Waals surface area contributed by atoms with Crippen LogP contribution in [0.2, 0.25) is 0 Å². The molecule has 0 aromatic rings. The van der Waals surface area contributed by atoms with E-state index in [1.807, 2.05) is 0 Å². The maximum absolute atomic E-state index is 12.7. The van der Waals surface area contributed by atoms with E-state index < -0.39 is 6.10 Å². The Balaban J connectivity index is 1.55. The fraction of sp³-hybridized carbons (Fsp3) is 0.867. The summed E-state index contributed by atoms with van der Waals surface area (Å²) in [6, 6.07) is 0. The van der Waals surface area contributed by atoms with Gasteiger partial charge in [-0.05, 0) is 50.4 Å². The predicted octanol–water partition coefficient (Wildman–Crippen LogP) is 2.58. The van der Waals surface area contributed by atoms with Crippen molar-refractivity contribution < 1.29 is 19.1 Å². The molecule has 0 spiro atoms. The van der Waals surface area contributed by atoms with Gasteiger partial charge in [-0.3, -0.25) is 4.79 Å². The maximum Gasteiger partial charge on any atom is 0.347 e. The Bertz CT molecular complexity index is 460. The van der Waals surface area contributed by atoms with Gasteiger partial charge in [-0.1, -0.05) is 15.9 Å². The molecule has 3 atom stereocenters. The van der Waals surface area contributed by atoms with Gasteiger partial charge in [-0.2, -0.15) is 0 Å². The van der Waals surface area contributed by atoms with Crippen molar-refractivity contribution >= 4 is 27.9 Å². The van der Waals surface area contributed by atoms with Gasteiger partial charge >= 0.3 is 11.9 Å². The van der Waals surface area contributed by atoms with Crippen molar-refractivity contribution in [1.82, 2.24) is 0 Å². The first kappa shape index (κ1) is 13.1. The summed E-state index contributed by atoms with van der Waals surface area (Å²) < 4.78 is 10.5. The monoisotopic (exact) mass is 342 g/mol. The number of carbonyl (C=O) groups excluding carboxylic acids is 2. The van der Waals surface area contributed by atoms with E-state index in [1.54, 1.807) is 0 Å². The van der Waals surface area contributed by atoms with Crippen LogP contribution in [0.5, 0.6) is 0 Å². The van der Waals surface area contributed by atoms with E-state index >= 15 is 0 Å². The average molecular weight is 343 g/mol. The van der Waals surface area contributed by atoms with Crippen LogP contribution in [0, 0.1) is 17.3 Å². The van der Waals surface area contributed by atoms with E-state index in [1.165, 1.54) is 19.3 Å². The second-order valence-corrected chi connectivity index (χ2v) is 8.92. The zero-order chi connectivity index (χ0) is 14.0. The Morgan fingerprint density at radius 1 is 1.25 bits per heavy atom. The molecule has 4 aliphatic carbocycles. The van der Waals surface area contributed by atoms with Gasteiger partial charge in [0.05, 0.1) is 12.0 Å². The number of halogens is 1. The molecule has 5 aliphatic rings. The average Bonchev–Trinajstić information content (AvgIpc) is 2.71. The molecule has 0 unspecified atom stereocenters. The van der Waals surface area contributed by atoms with Crippen LogP contribution in [0.25, 0.3) is 0 Å². The lowest BCUT2D eigenvalue weighted by atomic mass is 9.49. The lowest BCUT2D eigenvalue weighted by molar-refractivity contribution is -0.178. The van der Waals surface area contributed by atoms with Gasteiger partial charge in [0.1, 0.15) is 0 Å². The van der Waals surface area contributed by atoms with E-state index in [4.69, 9.17) is 9.47 Å². The van der Waals surface area contributed by atoms with Crippen molar-refractivity contribution in [2.75, 3.05) is 6.61 Å². The Morgan fingerprint density at radius 2 is 1.95 bits per heavy atom. The zero-order valence-electron chi connectivity index (χ0n) is 11.4. The molecule has 5 fully saturated rings. The summed E-state index contributed by atoms with van der Waals surface area (Å²) >= 11 is 3.89. The number of esters is 2. The molecule has 4 nitrogen and oxygen atoms in total. The Morgan fingerprint density at radius 3 is 2.50 bits per heavy atom. The highest BCUT2D eigenvalue weighted by Gasteiger charge is 2.61. The molecule has 110 valence electrons. The highest BCUT2D eigenvalue weighted by Crippen LogP contribution is 2.64. The van der Waals surface area contributed by atoms with Crippen molar-refractivity contribution in [3.05, 3.63) is 0 Å². The first-order valence-corrected chi connectivity index (χ1v) is 8.34. The summed E-state index contributed by atoms with van der Waals surface area (Å²) in [5.74, 6) is 0.744. The molecule has 4 bridgehead atoms. The molecule has 0 N–H and O–H groups in total. The first-order chi connectivity index (χ1) is 9.48. The second-order valence-electron chi connectivity index (χ2n) is 7.24. The van der Waals surface area contributed by atoms with Crippen LogP contribution in [0.4, 0.5) is 0 Å². The number of carbonyl (C=O) groups is 2. The molecule has 5 rings (SSSR count). The molecule has 5 heteroatoms. The van der Waals surface area contributed by atoms with Crippen molar-refractivity contribution in [1.29, 1.82) is 0 Å². The third kappa shape index (κ3) is 1.92. The van der Waals surface area contributed by atoms with E-state index in [9.17, 15) is 9.59 Å². The van der Waals surface area contributed by atoms with Gasteiger partial charge in [0.25, 0.3) is 0 Å². The number of hydrogen-bond acceptors (Lipinski definition) is 4. The topological polar surface area (TPSA) is 52.6 Å². The van der Waals surface area contributed by atoms with E-state index in [2.05, 4.69) is 15.9 Å². The van der Waals surface area contributed by atoms with Crippen molar-refractivity contribution in [3.8, 4) is 0 Å². The third-order valence-electron chi connectivity index (χ3n) is 5.56. The Kier molecular flexibility index (Phi) is 2.76. The summed E-state index contributed by atoms with van der Waals surface area (Å²) in [4.78, 5) is 24.2. The molecule has 0 aromatic heterocycles. The smallest absolute Gasteiger partial charge is 0.347 e. The van der Waals surface area contributed by atoms with Crippen LogP contribution in [-0.4, -0.2) is 29.0 Å². The standard InChI is InChI=1S/C15H19BrO4/c16-15-6-9-3-10(7-15)5-14(4-9,8-15)13(18)20-11-1-2-19-12(11)17/h9-11H,1-8H2/t9-,10-,11-,14?,15?/m1/s1. The van der Waals surface area contributed by atoms with Gasteiger partial charge in [0, 0.05) is 10.7 Å². The summed E-state index contributed by atoms with van der Waals surface area (Å²) in [5, 5.41) is 0. The SMILES string of the molecule is O=C1OCC[C@H]1OC(=O)C12C[C@H]3C[C@@H](CC(Br)(C3)C1)C2. The highest BCUT2D eigenvalue weighted by atomic mass is 79.9. The molecule has 0 aromatic carbocycles. The number of cyclic esters (lactones) is 1. The molecule has 20 heavy (non-hydrogen) atoms. The normalized spacial score (nSPS) is 49.2. The Labute approximate surface area is 126 Å². The van der Waals surface area contributed by atoms with Crippen LogP contribution in [-0.2, 0) is 19.1 Å². The van der Waals surface area contributed by atoms with Crippen LogP contribution < -0.4 is 0 Å². The third-order valence-corrected chi connectivity index (χ3v) is 6.49. The minimum Gasteiger partial charge on any atom is -0.463 e. The van der Waals surface area contributed by atoms with Crippen LogP contribution >= 0.6 is 15.9 Å². The lowest BCUT2D eigenvalue weighted by Crippen LogP contribution is -2.56. The summed E-state index contributed by atoms with van der Waals surface area (Å²) in [6.45, 7) is 0.372. The number of alkyl halides is 1. The summed E-state index contributed by atoms with van der Waals surface area (Å²) in [6.07, 6.45) is 6.22. The highest BCUT2D eigenvalue weighted by molar-refractivity contribution is 9.10. The van der Waals surface area contributed by atoms with Gasteiger partial charge in [0.15, 0.2) is 0 Å². The quantitative estimate of drug-likeness (QED) is 0.571. The van der Waals surface area contributed by atoms with Crippen LogP contribution in [0.1, 0.15) is 44.9 Å². The Hall–Kier alpha value is -0.580. The largest absolute Gasteiger partial charge is 0.463 e. The fourth-order valence-electron chi connectivity index (χ4n) is 5.23. The molecule has 1 heterocycles. The maximum atomic E-state index is 12.7. The number of ether oxygens (including phenoxy) is 2. The van der Waals surface area contributed by atoms with Gasteiger partial charge in [-0.25, -0.2) is 4.79 Å². The van der Waals surface area contributed by atoms with Crippen molar-refractivity contribution in [2.45, 2.75) is 55.4 Å². The minimum atomic E-state index is -0.665. The molecular formula is C15H19BrO4. The molecular weight excluding hydrogens is 324 g/mol. The second kappa shape index (κ2) is 4.21. The summed E-state index contributed by atoms with van der Waals surface area (Å²) in [7, 11) is 0.